The van der Waals surface area contributed by atoms with Gasteiger partial charge in [0.1, 0.15) is 36.0 Å². The third kappa shape index (κ3) is 4.03. The van der Waals surface area contributed by atoms with Gasteiger partial charge in [-0.25, -0.2) is 4.79 Å². The van der Waals surface area contributed by atoms with Crippen LogP contribution in [0.3, 0.4) is 0 Å². The smallest absolute Gasteiger partial charge is 0.342 e. The maximum absolute atomic E-state index is 11.8. The topological polar surface area (TPSA) is 76.0 Å². The number of hydrogen-bond acceptors (Lipinski definition) is 5. The Hall–Kier alpha value is -2.40. The van der Waals surface area contributed by atoms with Gasteiger partial charge in [-0.05, 0) is 18.2 Å². The quantitative estimate of drug-likeness (QED) is 0.656. The van der Waals surface area contributed by atoms with Crippen molar-refractivity contribution in [1.29, 1.82) is 0 Å². The van der Waals surface area contributed by atoms with Gasteiger partial charge in [-0.2, -0.15) is 0 Å². The van der Waals surface area contributed by atoms with Gasteiger partial charge in [-0.3, -0.25) is 0 Å². The lowest BCUT2D eigenvalue weighted by molar-refractivity contribution is 0.0447. The van der Waals surface area contributed by atoms with E-state index >= 15 is 0 Å². The largest absolute Gasteiger partial charge is 0.507 e. The van der Waals surface area contributed by atoms with Crippen LogP contribution < -0.4 is 4.74 Å². The van der Waals surface area contributed by atoms with Crippen molar-refractivity contribution in [3.8, 4) is 17.2 Å². The van der Waals surface area contributed by atoms with Crippen LogP contribution in [0.5, 0.6) is 17.2 Å². The summed E-state index contributed by atoms with van der Waals surface area (Å²) in [5.74, 6) is -0.779. The van der Waals surface area contributed by atoms with Crippen LogP contribution in [0.4, 0.5) is 0 Å². The van der Waals surface area contributed by atoms with E-state index in [0.29, 0.717) is 5.75 Å². The molecule has 2 aromatic carbocycles. The molecule has 0 aliphatic rings. The monoisotopic (exact) mass is 308 g/mol. The van der Waals surface area contributed by atoms with Crippen LogP contribution in [0.2, 0.25) is 5.02 Å². The van der Waals surface area contributed by atoms with Gasteiger partial charge in [0.2, 0.25) is 0 Å². The minimum absolute atomic E-state index is 0.0195. The predicted molar refractivity (Wildman–Crippen MR) is 77.0 cm³/mol. The molecule has 21 heavy (non-hydrogen) atoms. The van der Waals surface area contributed by atoms with E-state index in [1.165, 1.54) is 0 Å². The van der Waals surface area contributed by atoms with Gasteiger partial charge in [0.15, 0.2) is 0 Å². The molecule has 0 aromatic heterocycles. The normalized spacial score (nSPS) is 10.1. The molecular formula is C15H13ClO5. The molecule has 0 atom stereocenters. The fourth-order valence-corrected chi connectivity index (χ4v) is 1.77. The summed E-state index contributed by atoms with van der Waals surface area (Å²) >= 11 is 5.68. The molecule has 0 saturated carbocycles. The number of carbonyl (C=O) groups is 1. The van der Waals surface area contributed by atoms with Crippen LogP contribution in [0.1, 0.15) is 10.4 Å². The van der Waals surface area contributed by atoms with E-state index < -0.39 is 11.7 Å². The van der Waals surface area contributed by atoms with Crippen molar-refractivity contribution in [2.45, 2.75) is 0 Å². The Morgan fingerprint density at radius 2 is 1.76 bits per heavy atom. The average Bonchev–Trinajstić information content (AvgIpc) is 2.48. The number of phenolic OH excluding ortho intramolecular Hbond substituents is 2. The second-order valence-electron chi connectivity index (χ2n) is 4.12. The van der Waals surface area contributed by atoms with Crippen LogP contribution in [-0.4, -0.2) is 29.4 Å². The summed E-state index contributed by atoms with van der Waals surface area (Å²) < 4.78 is 10.3. The minimum Gasteiger partial charge on any atom is -0.507 e. The van der Waals surface area contributed by atoms with Gasteiger partial charge < -0.3 is 19.7 Å². The van der Waals surface area contributed by atoms with E-state index in [2.05, 4.69) is 0 Å². The Labute approximate surface area is 126 Å². The Bertz CT molecular complexity index is 627. The van der Waals surface area contributed by atoms with Crippen molar-refractivity contribution >= 4 is 17.6 Å². The molecule has 110 valence electrons. The Balaban J connectivity index is 1.86. The highest BCUT2D eigenvalue weighted by Crippen LogP contribution is 2.31. The zero-order valence-electron chi connectivity index (χ0n) is 11.0. The summed E-state index contributed by atoms with van der Waals surface area (Å²) in [4.78, 5) is 11.8. The second kappa shape index (κ2) is 6.85. The number of ether oxygens (including phenoxy) is 2. The number of para-hydroxylation sites is 1. The lowest BCUT2D eigenvalue weighted by Gasteiger charge is -2.09. The Kier molecular flexibility index (Phi) is 4.90. The first kappa shape index (κ1) is 15.0. The average molecular weight is 309 g/mol. The van der Waals surface area contributed by atoms with E-state index in [-0.39, 0.29) is 29.5 Å². The summed E-state index contributed by atoms with van der Waals surface area (Å²) in [6, 6.07) is 11.2. The number of halogens is 1. The third-order valence-corrected chi connectivity index (χ3v) is 2.92. The van der Waals surface area contributed by atoms with Gasteiger partial charge >= 0.3 is 5.97 Å². The maximum Gasteiger partial charge on any atom is 0.342 e. The van der Waals surface area contributed by atoms with E-state index in [9.17, 15) is 15.0 Å². The molecule has 0 saturated heterocycles. The van der Waals surface area contributed by atoms with E-state index in [0.717, 1.165) is 12.1 Å². The van der Waals surface area contributed by atoms with E-state index in [4.69, 9.17) is 21.1 Å². The molecule has 0 heterocycles. The maximum atomic E-state index is 11.8. The number of rotatable bonds is 5. The van der Waals surface area contributed by atoms with E-state index in [1.807, 2.05) is 18.2 Å². The highest BCUT2D eigenvalue weighted by molar-refractivity contribution is 6.32. The summed E-state index contributed by atoms with van der Waals surface area (Å²) in [5, 5.41) is 18.8. The number of carbonyl (C=O) groups excluding carboxylic acids is 1. The predicted octanol–water partition coefficient (Wildman–Crippen LogP) is 2.99. The number of esters is 1. The van der Waals surface area contributed by atoms with Crippen molar-refractivity contribution in [3.05, 3.63) is 53.1 Å². The van der Waals surface area contributed by atoms with Gasteiger partial charge in [0, 0.05) is 6.07 Å². The summed E-state index contributed by atoms with van der Waals surface area (Å²) in [7, 11) is 0. The van der Waals surface area contributed by atoms with Crippen molar-refractivity contribution in [1.82, 2.24) is 0 Å². The van der Waals surface area contributed by atoms with Crippen molar-refractivity contribution in [2.75, 3.05) is 13.2 Å². The summed E-state index contributed by atoms with van der Waals surface area (Å²) in [5.41, 5.74) is -0.113. The third-order valence-electron chi connectivity index (χ3n) is 2.61. The van der Waals surface area contributed by atoms with Crippen LogP contribution in [-0.2, 0) is 4.74 Å². The highest BCUT2D eigenvalue weighted by atomic mass is 35.5. The Morgan fingerprint density at radius 3 is 2.48 bits per heavy atom. The number of aromatic hydroxyl groups is 2. The van der Waals surface area contributed by atoms with Gasteiger partial charge in [-0.1, -0.05) is 29.8 Å². The molecule has 0 aliphatic carbocycles. The lowest BCUT2D eigenvalue weighted by atomic mass is 10.2. The van der Waals surface area contributed by atoms with Crippen LogP contribution >= 0.6 is 11.6 Å². The lowest BCUT2D eigenvalue weighted by Crippen LogP contribution is -2.12. The molecule has 0 spiro atoms. The molecule has 0 aliphatic heterocycles. The molecule has 2 rings (SSSR count). The molecule has 0 amide bonds. The van der Waals surface area contributed by atoms with Crippen LogP contribution in [0.25, 0.3) is 0 Å². The molecule has 0 fully saturated rings. The molecule has 0 radical (unpaired) electrons. The standard InChI is InChI=1S/C15H13ClO5/c16-12-8-11(13(17)9-14(12)18)15(19)21-7-6-20-10-4-2-1-3-5-10/h1-5,8-9,17-18H,6-7H2. The van der Waals surface area contributed by atoms with Crippen LogP contribution in [0, 0.1) is 0 Å². The van der Waals surface area contributed by atoms with Gasteiger partial charge in [0.25, 0.3) is 0 Å². The zero-order valence-corrected chi connectivity index (χ0v) is 11.7. The summed E-state index contributed by atoms with van der Waals surface area (Å²) in [6.07, 6.45) is 0. The van der Waals surface area contributed by atoms with Crippen molar-refractivity contribution < 1.29 is 24.5 Å². The molecule has 0 bridgehead atoms. The highest BCUT2D eigenvalue weighted by Gasteiger charge is 2.15. The van der Waals surface area contributed by atoms with E-state index in [1.54, 1.807) is 12.1 Å². The zero-order chi connectivity index (χ0) is 15.2. The fourth-order valence-electron chi connectivity index (χ4n) is 1.60. The molecule has 6 heteroatoms. The number of benzene rings is 2. The van der Waals surface area contributed by atoms with Gasteiger partial charge in [0.05, 0.1) is 5.02 Å². The fraction of sp³-hybridized carbons (Fsp3) is 0.133. The molecule has 0 unspecified atom stereocenters. The van der Waals surface area contributed by atoms with Crippen LogP contribution in [0.15, 0.2) is 42.5 Å². The first-order chi connectivity index (χ1) is 10.1. The van der Waals surface area contributed by atoms with Gasteiger partial charge in [-0.15, -0.1) is 0 Å². The second-order valence-corrected chi connectivity index (χ2v) is 4.53. The molecule has 2 aromatic rings. The molecule has 5 nitrogen and oxygen atoms in total. The number of phenols is 2. The Morgan fingerprint density at radius 1 is 1.05 bits per heavy atom. The van der Waals surface area contributed by atoms with Crippen molar-refractivity contribution in [2.24, 2.45) is 0 Å². The first-order valence-corrected chi connectivity index (χ1v) is 6.52. The molecular weight excluding hydrogens is 296 g/mol. The molecule has 2 N–H and O–H groups in total. The minimum atomic E-state index is -0.744. The van der Waals surface area contributed by atoms with Crippen molar-refractivity contribution in [3.63, 3.8) is 0 Å². The SMILES string of the molecule is O=C(OCCOc1ccccc1)c1cc(Cl)c(O)cc1O. The summed E-state index contributed by atoms with van der Waals surface area (Å²) in [6.45, 7) is 0.202. The number of hydrogen-bond donors (Lipinski definition) is 2. The first-order valence-electron chi connectivity index (χ1n) is 6.14.